The molecular weight excluding hydrogens is 222 g/mol. The monoisotopic (exact) mass is 245 g/mol. The van der Waals surface area contributed by atoms with Gasteiger partial charge in [-0.25, -0.2) is 4.98 Å². The fraction of sp³-hybridized carbons (Fsp3) is 0.600. The molecule has 2 aromatic rings. The lowest BCUT2D eigenvalue weighted by Gasteiger charge is -2.21. The van der Waals surface area contributed by atoms with Crippen LogP contribution in [-0.2, 0) is 10.8 Å². The van der Waals surface area contributed by atoms with Gasteiger partial charge < -0.3 is 0 Å². The van der Waals surface area contributed by atoms with Gasteiger partial charge in [0.15, 0.2) is 5.65 Å². The van der Waals surface area contributed by atoms with Gasteiger partial charge in [0.1, 0.15) is 0 Å². The van der Waals surface area contributed by atoms with Crippen molar-refractivity contribution < 1.29 is 0 Å². The summed E-state index contributed by atoms with van der Waals surface area (Å²) in [5.74, 6) is 0. The Balaban J connectivity index is 2.71. The molecule has 0 aromatic carbocycles. The largest absolute Gasteiger partial charge is 0.261 e. The first-order valence-electron chi connectivity index (χ1n) is 6.47. The lowest BCUT2D eigenvalue weighted by atomic mass is 9.86. The quantitative estimate of drug-likeness (QED) is 0.765. The average molecular weight is 245 g/mol. The van der Waals surface area contributed by atoms with Crippen LogP contribution in [0.1, 0.15) is 58.5 Å². The Kier molecular flexibility index (Phi) is 2.76. The minimum Gasteiger partial charge on any atom is -0.261 e. The SMILES string of the molecule is Cc1cc2c(C(C)(C)C)n[nH]c2nc1C(C)(C)C. The summed E-state index contributed by atoms with van der Waals surface area (Å²) >= 11 is 0. The van der Waals surface area contributed by atoms with Crippen molar-refractivity contribution in [1.82, 2.24) is 15.2 Å². The summed E-state index contributed by atoms with van der Waals surface area (Å²) in [4.78, 5) is 4.76. The van der Waals surface area contributed by atoms with Crippen molar-refractivity contribution in [2.45, 2.75) is 59.3 Å². The van der Waals surface area contributed by atoms with E-state index in [4.69, 9.17) is 4.98 Å². The van der Waals surface area contributed by atoms with Gasteiger partial charge in [0.05, 0.1) is 11.4 Å². The number of nitrogens with zero attached hydrogens (tertiary/aromatic N) is 2. The molecule has 0 unspecified atom stereocenters. The summed E-state index contributed by atoms with van der Waals surface area (Å²) in [6.45, 7) is 15.2. The topological polar surface area (TPSA) is 41.6 Å². The lowest BCUT2D eigenvalue weighted by molar-refractivity contribution is 0.566. The van der Waals surface area contributed by atoms with Gasteiger partial charge in [-0.2, -0.15) is 5.10 Å². The summed E-state index contributed by atoms with van der Waals surface area (Å²) < 4.78 is 0. The Morgan fingerprint density at radius 3 is 2.00 bits per heavy atom. The summed E-state index contributed by atoms with van der Waals surface area (Å²) in [5, 5.41) is 8.66. The summed E-state index contributed by atoms with van der Waals surface area (Å²) in [6.07, 6.45) is 0. The molecule has 0 amide bonds. The van der Waals surface area contributed by atoms with E-state index in [-0.39, 0.29) is 10.8 Å². The Hall–Kier alpha value is -1.38. The average Bonchev–Trinajstić information content (AvgIpc) is 2.56. The van der Waals surface area contributed by atoms with Gasteiger partial charge in [-0.1, -0.05) is 41.5 Å². The Morgan fingerprint density at radius 2 is 1.50 bits per heavy atom. The molecule has 2 rings (SSSR count). The van der Waals surface area contributed by atoms with Gasteiger partial charge in [0, 0.05) is 16.2 Å². The molecule has 1 N–H and O–H groups in total. The van der Waals surface area contributed by atoms with Crippen LogP contribution in [0.15, 0.2) is 6.07 Å². The highest BCUT2D eigenvalue weighted by Crippen LogP contribution is 2.31. The van der Waals surface area contributed by atoms with Crippen LogP contribution in [0.2, 0.25) is 0 Å². The van der Waals surface area contributed by atoms with Crippen LogP contribution in [0.5, 0.6) is 0 Å². The molecule has 2 aromatic heterocycles. The number of H-pyrrole nitrogens is 1. The molecule has 0 spiro atoms. The molecule has 3 nitrogen and oxygen atoms in total. The van der Waals surface area contributed by atoms with E-state index in [1.165, 1.54) is 5.56 Å². The second kappa shape index (κ2) is 3.81. The Labute approximate surface area is 109 Å². The zero-order valence-corrected chi connectivity index (χ0v) is 12.5. The van der Waals surface area contributed by atoms with Crippen LogP contribution in [0.4, 0.5) is 0 Å². The third-order valence-corrected chi connectivity index (χ3v) is 3.16. The molecule has 2 heterocycles. The van der Waals surface area contributed by atoms with Crippen molar-refractivity contribution in [3.8, 4) is 0 Å². The summed E-state index contributed by atoms with van der Waals surface area (Å²) in [5.41, 5.74) is 4.46. The molecule has 98 valence electrons. The van der Waals surface area contributed by atoms with E-state index in [1.54, 1.807) is 0 Å². The lowest BCUT2D eigenvalue weighted by Crippen LogP contribution is -2.16. The molecule has 0 aliphatic rings. The fourth-order valence-corrected chi connectivity index (χ4v) is 2.38. The van der Waals surface area contributed by atoms with Crippen LogP contribution < -0.4 is 0 Å². The number of rotatable bonds is 0. The van der Waals surface area contributed by atoms with Crippen LogP contribution in [0, 0.1) is 6.92 Å². The van der Waals surface area contributed by atoms with E-state index in [0.717, 1.165) is 22.4 Å². The van der Waals surface area contributed by atoms with Crippen molar-refractivity contribution in [3.05, 3.63) is 23.0 Å². The zero-order chi connectivity index (χ0) is 13.7. The summed E-state index contributed by atoms with van der Waals surface area (Å²) in [6, 6.07) is 2.22. The van der Waals surface area contributed by atoms with Gasteiger partial charge in [0.2, 0.25) is 0 Å². The Morgan fingerprint density at radius 1 is 0.944 bits per heavy atom. The van der Waals surface area contributed by atoms with Crippen LogP contribution in [0.25, 0.3) is 11.0 Å². The molecule has 0 saturated carbocycles. The van der Waals surface area contributed by atoms with Crippen molar-refractivity contribution >= 4 is 11.0 Å². The van der Waals surface area contributed by atoms with E-state index < -0.39 is 0 Å². The van der Waals surface area contributed by atoms with E-state index in [9.17, 15) is 0 Å². The third kappa shape index (κ3) is 2.14. The maximum Gasteiger partial charge on any atom is 0.155 e. The first kappa shape index (κ1) is 13.1. The maximum atomic E-state index is 4.76. The zero-order valence-electron chi connectivity index (χ0n) is 12.5. The van der Waals surface area contributed by atoms with Crippen molar-refractivity contribution in [1.29, 1.82) is 0 Å². The van der Waals surface area contributed by atoms with Crippen molar-refractivity contribution in [3.63, 3.8) is 0 Å². The van der Waals surface area contributed by atoms with Gasteiger partial charge in [-0.05, 0) is 18.6 Å². The predicted molar refractivity (Wildman–Crippen MR) is 76.0 cm³/mol. The molecular formula is C15H23N3. The second-order valence-corrected chi connectivity index (χ2v) is 7.12. The molecule has 0 aliphatic carbocycles. The number of pyridine rings is 1. The van der Waals surface area contributed by atoms with Crippen LogP contribution in [0.3, 0.4) is 0 Å². The number of hydrogen-bond acceptors (Lipinski definition) is 2. The molecule has 0 radical (unpaired) electrons. The predicted octanol–water partition coefficient (Wildman–Crippen LogP) is 3.86. The highest BCUT2D eigenvalue weighted by Gasteiger charge is 2.24. The molecule has 18 heavy (non-hydrogen) atoms. The molecule has 0 saturated heterocycles. The van der Waals surface area contributed by atoms with Gasteiger partial charge in [0.25, 0.3) is 0 Å². The first-order valence-corrected chi connectivity index (χ1v) is 6.47. The number of aryl methyl sites for hydroxylation is 1. The van der Waals surface area contributed by atoms with E-state index in [0.29, 0.717) is 0 Å². The number of hydrogen-bond donors (Lipinski definition) is 1. The van der Waals surface area contributed by atoms with Crippen molar-refractivity contribution in [2.24, 2.45) is 0 Å². The highest BCUT2D eigenvalue weighted by molar-refractivity contribution is 5.80. The maximum absolute atomic E-state index is 4.76. The Bertz CT molecular complexity index is 580. The smallest absolute Gasteiger partial charge is 0.155 e. The third-order valence-electron chi connectivity index (χ3n) is 3.16. The highest BCUT2D eigenvalue weighted by atomic mass is 15.2. The van der Waals surface area contributed by atoms with Gasteiger partial charge in [-0.15, -0.1) is 0 Å². The van der Waals surface area contributed by atoms with E-state index in [2.05, 4.69) is 64.7 Å². The van der Waals surface area contributed by atoms with Crippen LogP contribution in [-0.4, -0.2) is 15.2 Å². The number of nitrogens with one attached hydrogen (secondary N) is 1. The molecule has 0 aliphatic heterocycles. The molecule has 0 atom stereocenters. The first-order chi connectivity index (χ1) is 8.10. The number of aromatic nitrogens is 3. The summed E-state index contributed by atoms with van der Waals surface area (Å²) in [7, 11) is 0. The molecule has 3 heteroatoms. The minimum atomic E-state index is 0.0373. The molecule has 0 fully saturated rings. The standard InChI is InChI=1S/C15H23N3/c1-9-8-10-12(15(5,6)7)17-18-13(10)16-11(9)14(2,3)4/h8H,1-7H3,(H,16,17,18). The van der Waals surface area contributed by atoms with E-state index in [1.807, 2.05) is 0 Å². The minimum absolute atomic E-state index is 0.0373. The van der Waals surface area contributed by atoms with Gasteiger partial charge >= 0.3 is 0 Å². The molecule has 0 bridgehead atoms. The fourth-order valence-electron chi connectivity index (χ4n) is 2.38. The van der Waals surface area contributed by atoms with Crippen LogP contribution >= 0.6 is 0 Å². The number of aromatic amines is 1. The normalized spacial score (nSPS) is 13.3. The second-order valence-electron chi connectivity index (χ2n) is 7.12. The van der Waals surface area contributed by atoms with Gasteiger partial charge in [-0.3, -0.25) is 5.10 Å². The van der Waals surface area contributed by atoms with E-state index >= 15 is 0 Å². The number of fused-ring (bicyclic) bond motifs is 1. The van der Waals surface area contributed by atoms with Crippen molar-refractivity contribution in [2.75, 3.05) is 0 Å².